The van der Waals surface area contributed by atoms with Crippen LogP contribution in [-0.2, 0) is 23.9 Å². The molecule has 0 spiro atoms. The molecule has 0 aromatic heterocycles. The van der Waals surface area contributed by atoms with Crippen molar-refractivity contribution in [1.29, 1.82) is 0 Å². The van der Waals surface area contributed by atoms with Crippen molar-refractivity contribution >= 4 is 39.7 Å². The van der Waals surface area contributed by atoms with Crippen LogP contribution in [-0.4, -0.2) is 42.6 Å². The van der Waals surface area contributed by atoms with Crippen LogP contribution >= 0.6 is 0 Å². The van der Waals surface area contributed by atoms with Crippen LogP contribution in [0.15, 0.2) is 54.6 Å². The third-order valence-corrected chi connectivity index (χ3v) is 12.9. The summed E-state index contributed by atoms with van der Waals surface area (Å²) in [7, 11) is 1.66. The molecule has 6 unspecified atom stereocenters. The van der Waals surface area contributed by atoms with Gasteiger partial charge in [0.2, 0.25) is 0 Å². The van der Waals surface area contributed by atoms with Gasteiger partial charge in [-0.05, 0) is 135 Å². The molecule has 0 N–H and O–H groups in total. The summed E-state index contributed by atoms with van der Waals surface area (Å²) < 4.78 is 18.6. The van der Waals surface area contributed by atoms with E-state index in [2.05, 4.69) is 50.8 Å². The Bertz CT molecular complexity index is 1900. The van der Waals surface area contributed by atoms with Crippen molar-refractivity contribution in [3.05, 3.63) is 65.8 Å². The standard InChI is InChI=1S/C48H62O7/c1-10-35-26-48(35,30(5)49)27-42(50)39-22-37(23-40(39)46(52)41(47(6,7)8)25-45(51)55-36-13-11-12-14-36)54-44-21-33(32-16-15-31(19-32)17-28(2)3)20-34-18-29(4)43(53-9)24-38(34)44/h10,16,18-21,24,28,35-37,39-41H,1,11-15,17,22-23,25-27H2,2-9H3. The summed E-state index contributed by atoms with van der Waals surface area (Å²) >= 11 is 0. The molecular formula is C48H62O7. The molecule has 4 aliphatic carbocycles. The van der Waals surface area contributed by atoms with E-state index in [1.54, 1.807) is 20.1 Å². The molecule has 0 amide bonds. The van der Waals surface area contributed by atoms with Gasteiger partial charge in [-0.25, -0.2) is 0 Å². The van der Waals surface area contributed by atoms with E-state index in [9.17, 15) is 19.2 Å². The highest BCUT2D eigenvalue weighted by atomic mass is 16.5. The Morgan fingerprint density at radius 1 is 0.982 bits per heavy atom. The molecule has 296 valence electrons. The predicted octanol–water partition coefficient (Wildman–Crippen LogP) is 10.5. The third kappa shape index (κ3) is 8.86. The molecule has 0 bridgehead atoms. The minimum absolute atomic E-state index is 0.0130. The molecule has 55 heavy (non-hydrogen) atoms. The number of rotatable bonds is 16. The van der Waals surface area contributed by atoms with Gasteiger partial charge < -0.3 is 14.2 Å². The highest BCUT2D eigenvalue weighted by Crippen LogP contribution is 2.58. The number of hydrogen-bond donors (Lipinski definition) is 0. The summed E-state index contributed by atoms with van der Waals surface area (Å²) in [4.78, 5) is 55.6. The molecule has 0 radical (unpaired) electrons. The number of carbonyl (C=O) groups excluding carboxylic acids is 4. The fraction of sp³-hybridized carbons (Fsp3) is 0.583. The summed E-state index contributed by atoms with van der Waals surface area (Å²) in [6.07, 6.45) is 12.9. The normalized spacial score (nSPS) is 25.8. The lowest BCUT2D eigenvalue weighted by Gasteiger charge is -2.32. The van der Waals surface area contributed by atoms with Crippen molar-refractivity contribution in [2.45, 2.75) is 131 Å². The van der Waals surface area contributed by atoms with Crippen LogP contribution < -0.4 is 9.47 Å². The third-order valence-electron chi connectivity index (χ3n) is 12.9. The van der Waals surface area contributed by atoms with Crippen LogP contribution in [0.1, 0.15) is 123 Å². The Morgan fingerprint density at radius 3 is 2.31 bits per heavy atom. The first kappa shape index (κ1) is 40.7. The Hall–Kier alpha value is -4.00. The molecule has 0 heterocycles. The highest BCUT2D eigenvalue weighted by Gasteiger charge is 2.59. The Labute approximate surface area is 328 Å². The largest absolute Gasteiger partial charge is 0.496 e. The van der Waals surface area contributed by atoms with Gasteiger partial charge in [0.25, 0.3) is 0 Å². The number of aryl methyl sites for hydroxylation is 1. The van der Waals surface area contributed by atoms with Gasteiger partial charge in [-0.3, -0.25) is 19.2 Å². The molecule has 2 aromatic rings. The van der Waals surface area contributed by atoms with Crippen molar-refractivity contribution in [3.8, 4) is 11.5 Å². The topological polar surface area (TPSA) is 96.0 Å². The number of fused-ring (bicyclic) bond motifs is 1. The van der Waals surface area contributed by atoms with Gasteiger partial charge in [0.1, 0.15) is 41.1 Å². The monoisotopic (exact) mass is 750 g/mol. The number of ketones is 3. The smallest absolute Gasteiger partial charge is 0.306 e. The second-order valence-electron chi connectivity index (χ2n) is 18.5. The molecule has 0 aliphatic heterocycles. The minimum Gasteiger partial charge on any atom is -0.496 e. The van der Waals surface area contributed by atoms with Gasteiger partial charge >= 0.3 is 5.97 Å². The van der Waals surface area contributed by atoms with E-state index in [4.69, 9.17) is 14.2 Å². The second-order valence-corrected chi connectivity index (χ2v) is 18.5. The highest BCUT2D eigenvalue weighted by molar-refractivity contribution is 5.98. The molecule has 0 saturated heterocycles. The number of ether oxygens (including phenoxy) is 3. The molecule has 4 aliphatic rings. The first-order valence-corrected chi connectivity index (χ1v) is 20.6. The maximum atomic E-state index is 14.9. The number of esters is 1. The van der Waals surface area contributed by atoms with Gasteiger partial charge in [-0.1, -0.05) is 58.4 Å². The van der Waals surface area contributed by atoms with Gasteiger partial charge in [0.05, 0.1) is 13.5 Å². The molecule has 7 nitrogen and oxygen atoms in total. The zero-order chi connectivity index (χ0) is 39.8. The summed E-state index contributed by atoms with van der Waals surface area (Å²) in [5.74, 6) is -0.509. The number of Topliss-reactive ketones (excluding diaryl/α,β-unsaturated/α-hetero) is 3. The number of carbonyl (C=O) groups is 4. The molecule has 6 atom stereocenters. The molecule has 2 aromatic carbocycles. The van der Waals surface area contributed by atoms with E-state index >= 15 is 0 Å². The van der Waals surface area contributed by atoms with E-state index in [-0.39, 0.29) is 48.2 Å². The fourth-order valence-electron chi connectivity index (χ4n) is 9.66. The van der Waals surface area contributed by atoms with Crippen molar-refractivity contribution in [3.63, 3.8) is 0 Å². The van der Waals surface area contributed by atoms with E-state index in [0.29, 0.717) is 30.9 Å². The summed E-state index contributed by atoms with van der Waals surface area (Å²) in [5, 5.41) is 1.93. The summed E-state index contributed by atoms with van der Waals surface area (Å²) in [5.41, 5.74) is 3.36. The lowest BCUT2D eigenvalue weighted by Crippen LogP contribution is -2.39. The first-order valence-electron chi connectivity index (χ1n) is 20.6. The molecule has 7 heteroatoms. The summed E-state index contributed by atoms with van der Waals surface area (Å²) in [6, 6.07) is 8.42. The second kappa shape index (κ2) is 16.2. The SMILES string of the molecule is C=CC1CC1(CC(=O)C1CC(Oc2cc(C3=CCC(CC(C)C)=C3)cc3cc(C)c(OC)cc23)CC1C(=O)C(CC(=O)OC1CCCC1)C(C)(C)C)C(C)=O. The quantitative estimate of drug-likeness (QED) is 0.124. The molecular weight excluding hydrogens is 689 g/mol. The lowest BCUT2D eigenvalue weighted by atomic mass is 9.70. The van der Waals surface area contributed by atoms with E-state index in [1.807, 2.05) is 33.8 Å². The lowest BCUT2D eigenvalue weighted by molar-refractivity contribution is -0.154. The average Bonchev–Trinajstić information content (AvgIpc) is 3.52. The van der Waals surface area contributed by atoms with E-state index in [0.717, 1.165) is 71.7 Å². The Morgan fingerprint density at radius 2 is 1.69 bits per heavy atom. The van der Waals surface area contributed by atoms with Crippen molar-refractivity contribution in [2.24, 2.45) is 40.4 Å². The first-order chi connectivity index (χ1) is 26.0. The van der Waals surface area contributed by atoms with Crippen molar-refractivity contribution < 1.29 is 33.4 Å². The zero-order valence-electron chi connectivity index (χ0n) is 34.4. The predicted molar refractivity (Wildman–Crippen MR) is 218 cm³/mol. The number of allylic oxidation sites excluding steroid dienone is 5. The Kier molecular flexibility index (Phi) is 12.0. The number of methoxy groups -OCH3 is 1. The number of benzene rings is 2. The van der Waals surface area contributed by atoms with Crippen LogP contribution in [0.4, 0.5) is 0 Å². The van der Waals surface area contributed by atoms with Crippen LogP contribution in [0.2, 0.25) is 0 Å². The van der Waals surface area contributed by atoms with Gasteiger partial charge in [-0.15, -0.1) is 6.58 Å². The minimum atomic E-state index is -0.754. The van der Waals surface area contributed by atoms with Crippen LogP contribution in [0.5, 0.6) is 11.5 Å². The molecule has 3 saturated carbocycles. The van der Waals surface area contributed by atoms with Crippen LogP contribution in [0, 0.1) is 47.3 Å². The van der Waals surface area contributed by atoms with E-state index in [1.165, 1.54) is 5.57 Å². The van der Waals surface area contributed by atoms with Gasteiger partial charge in [0.15, 0.2) is 0 Å². The maximum Gasteiger partial charge on any atom is 0.306 e. The van der Waals surface area contributed by atoms with Crippen molar-refractivity contribution in [1.82, 2.24) is 0 Å². The maximum absolute atomic E-state index is 14.9. The van der Waals surface area contributed by atoms with E-state index < -0.39 is 34.7 Å². The molecule has 3 fully saturated rings. The molecule has 6 rings (SSSR count). The Balaban J connectivity index is 1.34. The summed E-state index contributed by atoms with van der Waals surface area (Å²) in [6.45, 7) is 17.9. The fourth-order valence-corrected chi connectivity index (χ4v) is 9.66. The van der Waals surface area contributed by atoms with Crippen LogP contribution in [0.3, 0.4) is 0 Å². The van der Waals surface area contributed by atoms with Gasteiger partial charge in [0, 0.05) is 35.0 Å². The number of hydrogen-bond acceptors (Lipinski definition) is 7. The average molecular weight is 751 g/mol. The van der Waals surface area contributed by atoms with Gasteiger partial charge in [-0.2, -0.15) is 0 Å². The van der Waals surface area contributed by atoms with Crippen LogP contribution in [0.25, 0.3) is 16.3 Å². The van der Waals surface area contributed by atoms with Crippen molar-refractivity contribution in [2.75, 3.05) is 7.11 Å². The zero-order valence-corrected chi connectivity index (χ0v) is 34.4.